The molecule has 0 N–H and O–H groups in total. The van der Waals surface area contributed by atoms with Gasteiger partial charge in [-0.25, -0.2) is 44.4 Å². The van der Waals surface area contributed by atoms with Gasteiger partial charge in [-0.3, -0.25) is 0 Å². The van der Waals surface area contributed by atoms with E-state index in [1.54, 1.807) is 0 Å². The Labute approximate surface area is 349 Å². The minimum Gasteiger partial charge on any atom is -0.345 e. The number of thiazole rings is 2. The number of benzene rings is 4. The second-order valence-corrected chi connectivity index (χ2v) is 19.3. The Morgan fingerprint density at radius 1 is 0.542 bits per heavy atom. The van der Waals surface area contributed by atoms with Gasteiger partial charge in [0.2, 0.25) is 20.0 Å². The van der Waals surface area contributed by atoms with Crippen molar-refractivity contribution in [2.45, 2.75) is 30.1 Å². The predicted molar refractivity (Wildman–Crippen MR) is 224 cm³/mol. The molecule has 6 aromatic rings. The highest BCUT2D eigenvalue weighted by atomic mass is 32.2. The SMILES string of the molecule is CCc1ccc(-c2csc(N3CCN(S(=O)(=O)c4c(F)cccc4F)CC3)n2)cc1.Cc1ccc(-c2csc(N3CCN(S(=O)(=O)c4c(F)cccc4F)CC3)n2)cc1. The van der Waals surface area contributed by atoms with Gasteiger partial charge in [0, 0.05) is 74.2 Å². The van der Waals surface area contributed by atoms with Crippen LogP contribution in [0, 0.1) is 30.2 Å². The van der Waals surface area contributed by atoms with Crippen LogP contribution >= 0.6 is 22.7 Å². The number of hydrogen-bond acceptors (Lipinski definition) is 10. The number of aryl methyl sites for hydroxylation is 2. The highest BCUT2D eigenvalue weighted by molar-refractivity contribution is 7.89. The van der Waals surface area contributed by atoms with Gasteiger partial charge >= 0.3 is 0 Å². The first-order valence-corrected chi connectivity index (χ1v) is 23.4. The van der Waals surface area contributed by atoms with Crippen molar-refractivity contribution in [2.24, 2.45) is 0 Å². The summed E-state index contributed by atoms with van der Waals surface area (Å²) in [6.07, 6.45) is 0.979. The summed E-state index contributed by atoms with van der Waals surface area (Å²) in [5, 5.41) is 5.56. The Bertz CT molecular complexity index is 2590. The molecule has 2 saturated heterocycles. The number of piperazine rings is 2. The van der Waals surface area contributed by atoms with Gasteiger partial charge < -0.3 is 9.80 Å². The fourth-order valence-corrected chi connectivity index (χ4v) is 11.5. The zero-order valence-corrected chi connectivity index (χ0v) is 35.3. The van der Waals surface area contributed by atoms with Gasteiger partial charge in [0.25, 0.3) is 0 Å². The smallest absolute Gasteiger partial charge is 0.249 e. The van der Waals surface area contributed by atoms with Crippen molar-refractivity contribution in [3.63, 3.8) is 0 Å². The molecule has 310 valence electrons. The first kappa shape index (κ1) is 42.4. The first-order valence-electron chi connectivity index (χ1n) is 18.7. The maximum Gasteiger partial charge on any atom is 0.249 e. The summed E-state index contributed by atoms with van der Waals surface area (Å²) in [5.74, 6) is -4.29. The van der Waals surface area contributed by atoms with Crippen molar-refractivity contribution in [3.8, 4) is 22.5 Å². The van der Waals surface area contributed by atoms with Crippen molar-refractivity contribution >= 4 is 53.0 Å². The number of aromatic nitrogens is 2. The van der Waals surface area contributed by atoms with E-state index in [1.165, 1.54) is 33.8 Å². The predicted octanol–water partition coefficient (Wildman–Crippen LogP) is 8.07. The van der Waals surface area contributed by atoms with Crippen LogP contribution in [-0.4, -0.2) is 87.8 Å². The van der Waals surface area contributed by atoms with E-state index >= 15 is 0 Å². The van der Waals surface area contributed by atoms with Crippen LogP contribution in [0.4, 0.5) is 27.8 Å². The van der Waals surface area contributed by atoms with E-state index in [0.717, 1.165) is 84.2 Å². The molecule has 0 unspecified atom stereocenters. The molecule has 59 heavy (non-hydrogen) atoms. The number of hydrogen-bond donors (Lipinski definition) is 0. The Kier molecular flexibility index (Phi) is 12.8. The third-order valence-electron chi connectivity index (χ3n) is 10.0. The molecule has 18 heteroatoms. The van der Waals surface area contributed by atoms with Crippen LogP contribution in [0.15, 0.2) is 105 Å². The second-order valence-electron chi connectivity index (χ2n) is 13.8. The Hall–Kier alpha value is -4.72. The normalized spacial score (nSPS) is 15.6. The summed E-state index contributed by atoms with van der Waals surface area (Å²) in [4.78, 5) is 11.6. The lowest BCUT2D eigenvalue weighted by Gasteiger charge is -2.33. The summed E-state index contributed by atoms with van der Waals surface area (Å²) in [7, 11) is -8.46. The third-order valence-corrected chi connectivity index (χ3v) is 15.7. The molecule has 0 aliphatic carbocycles. The van der Waals surface area contributed by atoms with Crippen LogP contribution in [0.25, 0.3) is 22.5 Å². The monoisotopic (exact) mass is 884 g/mol. The quantitative estimate of drug-likeness (QED) is 0.134. The van der Waals surface area contributed by atoms with Crippen LogP contribution in [0.2, 0.25) is 0 Å². The Morgan fingerprint density at radius 2 is 0.898 bits per heavy atom. The largest absolute Gasteiger partial charge is 0.345 e. The number of halogens is 4. The molecular formula is C41H40F4N6O4S4. The maximum absolute atomic E-state index is 14.0. The van der Waals surface area contributed by atoms with E-state index in [2.05, 4.69) is 29.0 Å². The molecule has 4 aromatic carbocycles. The van der Waals surface area contributed by atoms with Crippen LogP contribution in [0.5, 0.6) is 0 Å². The molecule has 2 aliphatic rings. The highest BCUT2D eigenvalue weighted by Crippen LogP contribution is 2.32. The van der Waals surface area contributed by atoms with Crippen LogP contribution in [0.3, 0.4) is 0 Å². The van der Waals surface area contributed by atoms with E-state index in [9.17, 15) is 34.4 Å². The Balaban J connectivity index is 0.000000179. The van der Waals surface area contributed by atoms with E-state index in [4.69, 9.17) is 0 Å². The molecule has 4 heterocycles. The number of rotatable bonds is 9. The van der Waals surface area contributed by atoms with Gasteiger partial charge in [0.1, 0.15) is 23.3 Å². The molecule has 0 saturated carbocycles. The standard InChI is InChI=1S/C21H21F2N3O2S2.C20H19F2N3O2S2/c1-2-15-6-8-16(9-7-15)19-14-29-21(24-19)25-10-12-26(13-11-25)30(27,28)20-17(22)4-3-5-18(20)23;1-14-5-7-15(8-6-14)18-13-28-20(23-18)24-9-11-25(12-10-24)29(26,27)19-16(21)3-2-4-17(19)22/h3-9,14H,2,10-13H2,1H3;2-8,13H,9-12H2,1H3. The molecular weight excluding hydrogens is 845 g/mol. The number of sulfonamides is 2. The molecule has 8 rings (SSSR count). The van der Waals surface area contributed by atoms with Crippen LogP contribution < -0.4 is 9.80 Å². The Morgan fingerprint density at radius 3 is 1.25 bits per heavy atom. The van der Waals surface area contributed by atoms with Crippen LogP contribution in [-0.2, 0) is 26.5 Å². The van der Waals surface area contributed by atoms with Crippen molar-refractivity contribution in [1.29, 1.82) is 0 Å². The fraction of sp³-hybridized carbons (Fsp3) is 0.268. The van der Waals surface area contributed by atoms with Gasteiger partial charge in [0.05, 0.1) is 11.4 Å². The first-order chi connectivity index (χ1) is 28.3. The van der Waals surface area contributed by atoms with Gasteiger partial charge in [-0.1, -0.05) is 73.2 Å². The maximum atomic E-state index is 14.0. The molecule has 2 aromatic heterocycles. The van der Waals surface area contributed by atoms with Gasteiger partial charge in [-0.2, -0.15) is 8.61 Å². The summed E-state index contributed by atoms with van der Waals surface area (Å²) in [5.41, 5.74) is 6.24. The van der Waals surface area contributed by atoms with Gasteiger partial charge in [-0.15, -0.1) is 22.7 Å². The van der Waals surface area contributed by atoms with E-state index in [-0.39, 0.29) is 26.2 Å². The summed E-state index contributed by atoms with van der Waals surface area (Å²) >= 11 is 2.99. The minimum absolute atomic E-state index is 0.134. The van der Waals surface area contributed by atoms with E-state index < -0.39 is 53.1 Å². The van der Waals surface area contributed by atoms with Crippen molar-refractivity contribution in [3.05, 3.63) is 130 Å². The minimum atomic E-state index is -4.23. The molecule has 10 nitrogen and oxygen atoms in total. The summed E-state index contributed by atoms with van der Waals surface area (Å²) < 4.78 is 109. The molecule has 0 spiro atoms. The summed E-state index contributed by atoms with van der Waals surface area (Å²) in [6.45, 7) is 6.27. The molecule has 0 bridgehead atoms. The second kappa shape index (κ2) is 17.9. The zero-order valence-electron chi connectivity index (χ0n) is 32.1. The topological polar surface area (TPSA) is 107 Å². The number of nitrogens with zero attached hydrogens (tertiary/aromatic N) is 6. The summed E-state index contributed by atoms with van der Waals surface area (Å²) in [6, 6.07) is 22.5. The lowest BCUT2D eigenvalue weighted by molar-refractivity contribution is 0.378. The lowest BCUT2D eigenvalue weighted by atomic mass is 10.1. The van der Waals surface area contributed by atoms with Crippen molar-refractivity contribution < 1.29 is 34.4 Å². The molecule has 0 radical (unpaired) electrons. The third kappa shape index (κ3) is 9.22. The average molecular weight is 885 g/mol. The van der Waals surface area contributed by atoms with Gasteiger partial charge in [0.15, 0.2) is 20.1 Å². The molecule has 2 aliphatic heterocycles. The van der Waals surface area contributed by atoms with Gasteiger partial charge in [-0.05, 0) is 43.2 Å². The zero-order chi connectivity index (χ0) is 41.9. The van der Waals surface area contributed by atoms with Crippen molar-refractivity contribution in [2.75, 3.05) is 62.2 Å². The van der Waals surface area contributed by atoms with E-state index in [1.807, 2.05) is 63.9 Å². The van der Waals surface area contributed by atoms with Crippen LogP contribution in [0.1, 0.15) is 18.1 Å². The molecule has 2 fully saturated rings. The number of anilines is 2. The molecule has 0 amide bonds. The average Bonchev–Trinajstić information content (AvgIpc) is 3.93. The van der Waals surface area contributed by atoms with E-state index in [0.29, 0.717) is 26.2 Å². The fourth-order valence-electron chi connectivity index (χ4n) is 6.68. The highest BCUT2D eigenvalue weighted by Gasteiger charge is 2.35. The van der Waals surface area contributed by atoms with Crippen molar-refractivity contribution in [1.82, 2.24) is 18.6 Å². The molecule has 0 atom stereocenters. The lowest BCUT2D eigenvalue weighted by Crippen LogP contribution is -2.49.